The quantitative estimate of drug-likeness (QED) is 0.643. The smallest absolute Gasteiger partial charge is 0.233 e. The van der Waals surface area contributed by atoms with Gasteiger partial charge in [0.2, 0.25) is 11.8 Å². The molecule has 3 aromatic rings. The fraction of sp³-hybridized carbons (Fsp3) is 0.261. The summed E-state index contributed by atoms with van der Waals surface area (Å²) in [6.45, 7) is 3.02. The third-order valence-corrected chi connectivity index (χ3v) is 6.19. The zero-order chi connectivity index (χ0) is 20.9. The molecule has 1 N–H and O–H groups in total. The van der Waals surface area contributed by atoms with E-state index in [0.717, 1.165) is 22.0 Å². The average Bonchev–Trinajstić information content (AvgIpc) is 3.14. The summed E-state index contributed by atoms with van der Waals surface area (Å²) in [5, 5.41) is 3.66. The first-order valence-corrected chi connectivity index (χ1v) is 11.0. The highest BCUT2D eigenvalue weighted by atomic mass is 32.2. The number of aryl methyl sites for hydroxylation is 1. The lowest BCUT2D eigenvalue weighted by Crippen LogP contribution is -2.37. The Bertz CT molecular complexity index is 1030. The van der Waals surface area contributed by atoms with Gasteiger partial charge >= 0.3 is 0 Å². The Morgan fingerprint density at radius 3 is 2.73 bits per heavy atom. The highest BCUT2D eigenvalue weighted by Gasteiger charge is 2.29. The Kier molecular flexibility index (Phi) is 6.18. The van der Waals surface area contributed by atoms with Crippen LogP contribution in [0.5, 0.6) is 0 Å². The molecule has 0 bridgehead atoms. The van der Waals surface area contributed by atoms with E-state index in [1.165, 1.54) is 11.8 Å². The van der Waals surface area contributed by atoms with Gasteiger partial charge in [-0.25, -0.2) is 4.98 Å². The molecule has 2 amide bonds. The van der Waals surface area contributed by atoms with E-state index in [9.17, 15) is 9.59 Å². The van der Waals surface area contributed by atoms with Crippen LogP contribution in [0.4, 0.5) is 0 Å². The van der Waals surface area contributed by atoms with Crippen molar-refractivity contribution >= 4 is 23.6 Å². The summed E-state index contributed by atoms with van der Waals surface area (Å²) in [4.78, 5) is 31.6. The molecule has 154 valence electrons. The number of hydrogen-bond donors (Lipinski definition) is 1. The molecule has 1 atom stereocenters. The van der Waals surface area contributed by atoms with Gasteiger partial charge in [0.05, 0.1) is 23.9 Å². The number of carbonyl (C=O) groups excluding carboxylic acids is 2. The van der Waals surface area contributed by atoms with E-state index < -0.39 is 0 Å². The molecule has 1 aliphatic heterocycles. The van der Waals surface area contributed by atoms with Crippen molar-refractivity contribution < 1.29 is 9.59 Å². The monoisotopic (exact) mass is 420 g/mol. The van der Waals surface area contributed by atoms with Crippen molar-refractivity contribution in [2.24, 2.45) is 0 Å². The largest absolute Gasteiger partial charge is 0.354 e. The van der Waals surface area contributed by atoms with E-state index in [0.29, 0.717) is 13.1 Å². The SMILES string of the molecule is Cc1ccccc1-n1ccnc1SCC(=O)N1CCNC(=O)CC1c1ccccc1. The number of imidazole rings is 1. The number of rotatable bonds is 5. The number of aromatic nitrogens is 2. The van der Waals surface area contributed by atoms with Gasteiger partial charge in [0, 0.05) is 25.5 Å². The molecule has 1 fully saturated rings. The second kappa shape index (κ2) is 9.17. The summed E-state index contributed by atoms with van der Waals surface area (Å²) in [5.41, 5.74) is 3.18. The van der Waals surface area contributed by atoms with Crippen LogP contribution in [0.3, 0.4) is 0 Å². The Balaban J connectivity index is 1.51. The van der Waals surface area contributed by atoms with Gasteiger partial charge in [-0.15, -0.1) is 0 Å². The van der Waals surface area contributed by atoms with E-state index >= 15 is 0 Å². The molecule has 0 saturated carbocycles. The lowest BCUT2D eigenvalue weighted by Gasteiger charge is -2.29. The number of thioether (sulfide) groups is 1. The summed E-state index contributed by atoms with van der Waals surface area (Å²) in [5.74, 6) is 0.243. The summed E-state index contributed by atoms with van der Waals surface area (Å²) in [7, 11) is 0. The van der Waals surface area contributed by atoms with Crippen molar-refractivity contribution in [1.82, 2.24) is 19.8 Å². The van der Waals surface area contributed by atoms with Crippen LogP contribution >= 0.6 is 11.8 Å². The van der Waals surface area contributed by atoms with Gasteiger partial charge < -0.3 is 10.2 Å². The van der Waals surface area contributed by atoms with Crippen LogP contribution in [0.2, 0.25) is 0 Å². The Labute approximate surface area is 180 Å². The lowest BCUT2D eigenvalue weighted by molar-refractivity contribution is -0.131. The topological polar surface area (TPSA) is 67.2 Å². The molecular formula is C23H24N4O2S. The van der Waals surface area contributed by atoms with E-state index in [4.69, 9.17) is 0 Å². The van der Waals surface area contributed by atoms with E-state index in [-0.39, 0.29) is 30.0 Å². The van der Waals surface area contributed by atoms with Gasteiger partial charge in [-0.05, 0) is 24.1 Å². The number of amides is 2. The molecule has 0 spiro atoms. The fourth-order valence-electron chi connectivity index (χ4n) is 3.72. The van der Waals surface area contributed by atoms with Gasteiger partial charge in [-0.1, -0.05) is 60.3 Å². The minimum atomic E-state index is -0.252. The van der Waals surface area contributed by atoms with E-state index in [1.54, 1.807) is 6.20 Å². The van der Waals surface area contributed by atoms with Crippen molar-refractivity contribution in [3.63, 3.8) is 0 Å². The first-order chi connectivity index (χ1) is 14.6. The number of nitrogens with zero attached hydrogens (tertiary/aromatic N) is 3. The summed E-state index contributed by atoms with van der Waals surface area (Å²) in [6.07, 6.45) is 3.94. The van der Waals surface area contributed by atoms with E-state index in [2.05, 4.69) is 23.3 Å². The van der Waals surface area contributed by atoms with Gasteiger partial charge in [0.1, 0.15) is 0 Å². The van der Waals surface area contributed by atoms with Gasteiger partial charge in [0.15, 0.2) is 5.16 Å². The first-order valence-electron chi connectivity index (χ1n) is 9.97. The second-order valence-corrected chi connectivity index (χ2v) is 8.17. The molecule has 0 aliphatic carbocycles. The molecule has 7 heteroatoms. The lowest BCUT2D eigenvalue weighted by atomic mass is 10.0. The van der Waals surface area contributed by atoms with Gasteiger partial charge in [-0.3, -0.25) is 14.2 Å². The fourth-order valence-corrected chi connectivity index (χ4v) is 4.58. The maximum absolute atomic E-state index is 13.2. The number of para-hydroxylation sites is 1. The number of nitrogens with one attached hydrogen (secondary N) is 1. The molecule has 1 aromatic heterocycles. The maximum Gasteiger partial charge on any atom is 0.233 e. The summed E-state index contributed by atoms with van der Waals surface area (Å²) < 4.78 is 2.01. The molecule has 1 unspecified atom stereocenters. The predicted octanol–water partition coefficient (Wildman–Crippen LogP) is 3.36. The normalized spacial score (nSPS) is 16.8. The molecular weight excluding hydrogens is 396 g/mol. The number of hydrogen-bond acceptors (Lipinski definition) is 4. The molecule has 30 heavy (non-hydrogen) atoms. The molecule has 1 aliphatic rings. The van der Waals surface area contributed by atoms with E-state index in [1.807, 2.05) is 64.2 Å². The standard InChI is InChI=1S/C23H24N4O2S/c1-17-7-5-6-10-19(17)27-14-12-25-23(27)30-16-22(29)26-13-11-24-21(28)15-20(26)18-8-3-2-4-9-18/h2-10,12,14,20H,11,13,15-16H2,1H3,(H,24,28). The summed E-state index contributed by atoms with van der Waals surface area (Å²) in [6, 6.07) is 17.6. The van der Waals surface area contributed by atoms with Crippen LogP contribution in [-0.4, -0.2) is 45.1 Å². The van der Waals surface area contributed by atoms with Crippen molar-refractivity contribution in [2.45, 2.75) is 24.5 Å². The Morgan fingerprint density at radius 1 is 1.17 bits per heavy atom. The van der Waals surface area contributed by atoms with Gasteiger partial charge in [-0.2, -0.15) is 0 Å². The van der Waals surface area contributed by atoms with Crippen LogP contribution in [0.25, 0.3) is 5.69 Å². The van der Waals surface area contributed by atoms with Crippen molar-refractivity contribution in [1.29, 1.82) is 0 Å². The van der Waals surface area contributed by atoms with Crippen LogP contribution < -0.4 is 5.32 Å². The minimum absolute atomic E-state index is 0.00434. The zero-order valence-electron chi connectivity index (χ0n) is 16.8. The molecule has 2 aromatic carbocycles. The summed E-state index contributed by atoms with van der Waals surface area (Å²) >= 11 is 1.42. The Morgan fingerprint density at radius 2 is 1.93 bits per heavy atom. The molecule has 1 saturated heterocycles. The molecule has 0 radical (unpaired) electrons. The first kappa shape index (κ1) is 20.2. The highest BCUT2D eigenvalue weighted by Crippen LogP contribution is 2.28. The highest BCUT2D eigenvalue weighted by molar-refractivity contribution is 7.99. The van der Waals surface area contributed by atoms with Crippen LogP contribution in [-0.2, 0) is 9.59 Å². The average molecular weight is 421 g/mol. The maximum atomic E-state index is 13.2. The molecule has 2 heterocycles. The molecule has 6 nitrogen and oxygen atoms in total. The third kappa shape index (κ3) is 4.41. The second-order valence-electron chi connectivity index (χ2n) is 7.22. The third-order valence-electron chi connectivity index (χ3n) is 5.24. The zero-order valence-corrected chi connectivity index (χ0v) is 17.6. The van der Waals surface area contributed by atoms with Gasteiger partial charge in [0.25, 0.3) is 0 Å². The molecule has 4 rings (SSSR count). The number of carbonyl (C=O) groups is 2. The Hall–Kier alpha value is -3.06. The van der Waals surface area contributed by atoms with Crippen molar-refractivity contribution in [2.75, 3.05) is 18.8 Å². The van der Waals surface area contributed by atoms with Crippen LogP contribution in [0, 0.1) is 6.92 Å². The van der Waals surface area contributed by atoms with Crippen LogP contribution in [0.15, 0.2) is 72.1 Å². The van der Waals surface area contributed by atoms with Crippen molar-refractivity contribution in [3.8, 4) is 5.69 Å². The van der Waals surface area contributed by atoms with Crippen molar-refractivity contribution in [3.05, 3.63) is 78.1 Å². The minimum Gasteiger partial charge on any atom is -0.354 e. The van der Waals surface area contributed by atoms with Crippen LogP contribution in [0.1, 0.15) is 23.6 Å². The predicted molar refractivity (Wildman–Crippen MR) is 118 cm³/mol. The number of benzene rings is 2.